The summed E-state index contributed by atoms with van der Waals surface area (Å²) in [5.41, 5.74) is 0.648. The molecule has 5 heteroatoms. The van der Waals surface area contributed by atoms with Gasteiger partial charge in [0, 0.05) is 18.0 Å². The first-order valence-corrected chi connectivity index (χ1v) is 8.82. The van der Waals surface area contributed by atoms with Crippen molar-refractivity contribution in [2.75, 3.05) is 6.61 Å². The molecule has 1 saturated carbocycles. The monoisotopic (exact) mass is 307 g/mol. The van der Waals surface area contributed by atoms with Crippen LogP contribution in [0, 0.1) is 11.8 Å². The molecule has 0 amide bonds. The highest BCUT2D eigenvalue weighted by Crippen LogP contribution is 2.20. The molecule has 0 aromatic heterocycles. The van der Waals surface area contributed by atoms with E-state index in [1.807, 2.05) is 0 Å². The van der Waals surface area contributed by atoms with Crippen LogP contribution in [0.3, 0.4) is 0 Å². The van der Waals surface area contributed by atoms with Crippen LogP contribution < -0.4 is 4.72 Å². The lowest BCUT2D eigenvalue weighted by Gasteiger charge is -2.22. The molecule has 0 atom stereocenters. The maximum Gasteiger partial charge on any atom is 0.240 e. The van der Waals surface area contributed by atoms with Gasteiger partial charge < -0.3 is 5.11 Å². The number of hydrogen-bond donors (Lipinski definition) is 2. The van der Waals surface area contributed by atoms with Gasteiger partial charge in [-0.25, -0.2) is 13.1 Å². The maximum absolute atomic E-state index is 12.4. The summed E-state index contributed by atoms with van der Waals surface area (Å²) in [6, 6.07) is 6.67. The average molecular weight is 307 g/mol. The van der Waals surface area contributed by atoms with E-state index in [-0.39, 0.29) is 17.5 Å². The molecule has 2 N–H and O–H groups in total. The van der Waals surface area contributed by atoms with Crippen LogP contribution in [0.5, 0.6) is 0 Å². The number of nitrogens with one attached hydrogen (secondary N) is 1. The molecule has 1 fully saturated rings. The molecule has 0 spiro atoms. The quantitative estimate of drug-likeness (QED) is 0.837. The van der Waals surface area contributed by atoms with Gasteiger partial charge in [-0.1, -0.05) is 37.2 Å². The summed E-state index contributed by atoms with van der Waals surface area (Å²) >= 11 is 0. The summed E-state index contributed by atoms with van der Waals surface area (Å²) < 4.78 is 27.6. The molecule has 1 aliphatic rings. The van der Waals surface area contributed by atoms with Crippen molar-refractivity contribution in [2.45, 2.75) is 49.5 Å². The Morgan fingerprint density at radius 2 is 2.00 bits per heavy atom. The van der Waals surface area contributed by atoms with Gasteiger partial charge in [-0.05, 0) is 31.0 Å². The normalized spacial score (nSPS) is 16.2. The highest BCUT2D eigenvalue weighted by atomic mass is 32.2. The zero-order valence-electron chi connectivity index (χ0n) is 12.0. The summed E-state index contributed by atoms with van der Waals surface area (Å²) in [6.45, 7) is 0.00816. The first kappa shape index (κ1) is 16.0. The van der Waals surface area contributed by atoms with Crippen LogP contribution >= 0.6 is 0 Å². The average Bonchev–Trinajstić information content (AvgIpc) is 2.48. The lowest BCUT2D eigenvalue weighted by Crippen LogP contribution is -2.36. The van der Waals surface area contributed by atoms with Crippen LogP contribution in [0.25, 0.3) is 0 Å². The molecule has 1 aliphatic carbocycles. The zero-order valence-corrected chi connectivity index (χ0v) is 12.8. The van der Waals surface area contributed by atoms with E-state index in [1.54, 1.807) is 24.3 Å². The van der Waals surface area contributed by atoms with Gasteiger partial charge in [0.2, 0.25) is 10.0 Å². The molecule has 0 aliphatic heterocycles. The SMILES string of the molecule is O=S(=O)(NC1CCCCC1)c1cccc(C#CCCO)c1. The second-order valence-electron chi connectivity index (χ2n) is 5.26. The van der Waals surface area contributed by atoms with Crippen molar-refractivity contribution in [3.63, 3.8) is 0 Å². The molecule has 21 heavy (non-hydrogen) atoms. The minimum atomic E-state index is -3.48. The fourth-order valence-corrected chi connectivity index (χ4v) is 3.82. The van der Waals surface area contributed by atoms with Crippen molar-refractivity contribution >= 4 is 10.0 Å². The zero-order chi connectivity index (χ0) is 15.1. The van der Waals surface area contributed by atoms with Gasteiger partial charge in [0.15, 0.2) is 0 Å². The molecule has 1 aromatic carbocycles. The summed E-state index contributed by atoms with van der Waals surface area (Å²) in [5, 5.41) is 8.70. The van der Waals surface area contributed by atoms with E-state index in [4.69, 9.17) is 5.11 Å². The molecular formula is C16H21NO3S. The number of sulfonamides is 1. The fraction of sp³-hybridized carbons (Fsp3) is 0.500. The first-order chi connectivity index (χ1) is 10.1. The van der Waals surface area contributed by atoms with Crippen molar-refractivity contribution in [1.29, 1.82) is 0 Å². The van der Waals surface area contributed by atoms with Crippen LogP contribution in [-0.2, 0) is 10.0 Å². The Morgan fingerprint density at radius 3 is 2.71 bits per heavy atom. The van der Waals surface area contributed by atoms with Crippen LogP contribution in [0.2, 0.25) is 0 Å². The van der Waals surface area contributed by atoms with Gasteiger partial charge in [-0.15, -0.1) is 0 Å². The Labute approximate surface area is 126 Å². The second-order valence-corrected chi connectivity index (χ2v) is 6.97. The summed E-state index contributed by atoms with van der Waals surface area (Å²) in [4.78, 5) is 0.254. The summed E-state index contributed by atoms with van der Waals surface area (Å²) in [6.07, 6.45) is 5.57. The van der Waals surface area contributed by atoms with Crippen molar-refractivity contribution < 1.29 is 13.5 Å². The topological polar surface area (TPSA) is 66.4 Å². The third-order valence-electron chi connectivity index (χ3n) is 3.54. The minimum Gasteiger partial charge on any atom is -0.395 e. The molecule has 0 bridgehead atoms. The second kappa shape index (κ2) is 7.60. The van der Waals surface area contributed by atoms with E-state index in [2.05, 4.69) is 16.6 Å². The van der Waals surface area contributed by atoms with E-state index in [1.165, 1.54) is 6.42 Å². The molecule has 1 aromatic rings. The lowest BCUT2D eigenvalue weighted by atomic mass is 9.96. The largest absolute Gasteiger partial charge is 0.395 e. The number of hydrogen-bond acceptors (Lipinski definition) is 3. The van der Waals surface area contributed by atoms with Crippen LogP contribution in [-0.4, -0.2) is 26.2 Å². The predicted octanol–water partition coefficient (Wildman–Crippen LogP) is 2.03. The van der Waals surface area contributed by atoms with Gasteiger partial charge in [-0.3, -0.25) is 0 Å². The van der Waals surface area contributed by atoms with Gasteiger partial charge in [-0.2, -0.15) is 0 Å². The van der Waals surface area contributed by atoms with Gasteiger partial charge in [0.25, 0.3) is 0 Å². The number of rotatable bonds is 4. The molecule has 114 valence electrons. The highest BCUT2D eigenvalue weighted by Gasteiger charge is 2.21. The first-order valence-electron chi connectivity index (χ1n) is 7.34. The predicted molar refractivity (Wildman–Crippen MR) is 82.2 cm³/mol. The molecule has 0 radical (unpaired) electrons. The van der Waals surface area contributed by atoms with Crippen LogP contribution in [0.1, 0.15) is 44.1 Å². The van der Waals surface area contributed by atoms with Gasteiger partial charge in [0.1, 0.15) is 0 Å². The summed E-state index contributed by atoms with van der Waals surface area (Å²) in [7, 11) is -3.48. The third-order valence-corrected chi connectivity index (χ3v) is 5.06. The Hall–Kier alpha value is -1.35. The van der Waals surface area contributed by atoms with Crippen LogP contribution in [0.15, 0.2) is 29.2 Å². The smallest absolute Gasteiger partial charge is 0.240 e. The molecule has 4 nitrogen and oxygen atoms in total. The van der Waals surface area contributed by atoms with Crippen molar-refractivity contribution in [3.8, 4) is 11.8 Å². The molecule has 0 heterocycles. The van der Waals surface area contributed by atoms with E-state index < -0.39 is 10.0 Å². The van der Waals surface area contributed by atoms with Gasteiger partial charge in [0.05, 0.1) is 11.5 Å². The Balaban J connectivity index is 2.12. The van der Waals surface area contributed by atoms with Crippen molar-refractivity contribution in [1.82, 2.24) is 4.72 Å². The van der Waals surface area contributed by atoms with E-state index in [9.17, 15) is 8.42 Å². The third kappa shape index (κ3) is 4.85. The fourth-order valence-electron chi connectivity index (χ4n) is 2.47. The van der Waals surface area contributed by atoms with Crippen LogP contribution in [0.4, 0.5) is 0 Å². The lowest BCUT2D eigenvalue weighted by molar-refractivity contribution is 0.305. The Bertz CT molecular complexity index is 622. The number of aliphatic hydroxyl groups excluding tert-OH is 1. The minimum absolute atomic E-state index is 0.00816. The standard InChI is InChI=1S/C16H21NO3S/c18-12-5-4-7-14-8-6-11-16(13-14)21(19,20)17-15-9-2-1-3-10-15/h6,8,11,13,15,17-18H,1-3,5,9-10,12H2. The van der Waals surface area contributed by atoms with Crippen molar-refractivity contribution in [3.05, 3.63) is 29.8 Å². The van der Waals surface area contributed by atoms with E-state index in [0.717, 1.165) is 25.7 Å². The van der Waals surface area contributed by atoms with Gasteiger partial charge >= 0.3 is 0 Å². The maximum atomic E-state index is 12.4. The molecule has 0 saturated heterocycles. The summed E-state index contributed by atoms with van der Waals surface area (Å²) in [5.74, 6) is 5.66. The molecular weight excluding hydrogens is 286 g/mol. The Morgan fingerprint density at radius 1 is 1.24 bits per heavy atom. The molecule has 2 rings (SSSR count). The molecule has 0 unspecified atom stereocenters. The van der Waals surface area contributed by atoms with E-state index >= 15 is 0 Å². The highest BCUT2D eigenvalue weighted by molar-refractivity contribution is 7.89. The van der Waals surface area contributed by atoms with E-state index in [0.29, 0.717) is 12.0 Å². The number of aliphatic hydroxyl groups is 1. The van der Waals surface area contributed by atoms with Crippen molar-refractivity contribution in [2.24, 2.45) is 0 Å². The number of benzene rings is 1. The Kier molecular flexibility index (Phi) is 5.80.